The standard InChI is InChI=1S/C20H28O4/c1-11(2)13-9-14(22)17-12(18(13)24)5-6-15-19(17,3)8-7-16(23)20(15,4)10-21/h9,11,15,21-22,24H,5-8,10H2,1-4H3/t15-,19+,20-/m1/s1. The zero-order valence-corrected chi connectivity index (χ0v) is 15.0. The molecule has 3 rings (SSSR count). The molecule has 0 spiro atoms. The molecule has 1 aromatic rings. The Morgan fingerprint density at radius 1 is 1.25 bits per heavy atom. The van der Waals surface area contributed by atoms with Crippen LogP contribution in [0.5, 0.6) is 11.5 Å². The van der Waals surface area contributed by atoms with Gasteiger partial charge >= 0.3 is 0 Å². The van der Waals surface area contributed by atoms with Gasteiger partial charge in [0, 0.05) is 28.5 Å². The van der Waals surface area contributed by atoms with Gasteiger partial charge in [-0.1, -0.05) is 27.7 Å². The Labute approximate surface area is 143 Å². The number of benzene rings is 1. The second kappa shape index (κ2) is 5.48. The Kier molecular flexibility index (Phi) is 3.95. The minimum Gasteiger partial charge on any atom is -0.508 e. The molecule has 1 saturated carbocycles. The van der Waals surface area contributed by atoms with Crippen molar-refractivity contribution < 1.29 is 20.1 Å². The number of aliphatic hydroxyl groups is 1. The number of carbonyl (C=O) groups excluding carboxylic acids is 1. The molecule has 1 aromatic carbocycles. The van der Waals surface area contributed by atoms with E-state index in [4.69, 9.17) is 0 Å². The van der Waals surface area contributed by atoms with E-state index in [9.17, 15) is 20.1 Å². The molecular formula is C20H28O4. The third-order valence-electron chi connectivity index (χ3n) is 6.66. The van der Waals surface area contributed by atoms with Gasteiger partial charge < -0.3 is 15.3 Å². The van der Waals surface area contributed by atoms with Gasteiger partial charge in [-0.3, -0.25) is 4.79 Å². The van der Waals surface area contributed by atoms with Crippen molar-refractivity contribution in [2.75, 3.05) is 6.61 Å². The maximum absolute atomic E-state index is 12.5. The number of hydrogen-bond acceptors (Lipinski definition) is 4. The van der Waals surface area contributed by atoms with E-state index < -0.39 is 10.8 Å². The van der Waals surface area contributed by atoms with E-state index >= 15 is 0 Å². The molecule has 0 amide bonds. The minimum atomic E-state index is -0.774. The molecule has 0 saturated heterocycles. The van der Waals surface area contributed by atoms with Crippen molar-refractivity contribution in [2.45, 2.75) is 64.7 Å². The summed E-state index contributed by atoms with van der Waals surface area (Å²) in [6, 6.07) is 1.68. The van der Waals surface area contributed by atoms with Gasteiger partial charge in [-0.15, -0.1) is 0 Å². The van der Waals surface area contributed by atoms with Crippen LogP contribution < -0.4 is 0 Å². The molecule has 3 atom stereocenters. The Balaban J connectivity index is 2.21. The highest BCUT2D eigenvalue weighted by Gasteiger charge is 2.56. The first-order chi connectivity index (χ1) is 11.2. The molecule has 0 bridgehead atoms. The first kappa shape index (κ1) is 17.3. The van der Waals surface area contributed by atoms with Crippen molar-refractivity contribution in [2.24, 2.45) is 11.3 Å². The summed E-state index contributed by atoms with van der Waals surface area (Å²) in [7, 11) is 0. The number of fused-ring (bicyclic) bond motifs is 3. The predicted octanol–water partition coefficient (Wildman–Crippen LogP) is 3.40. The molecule has 2 aliphatic carbocycles. The summed E-state index contributed by atoms with van der Waals surface area (Å²) in [5, 5.41) is 31.4. The summed E-state index contributed by atoms with van der Waals surface area (Å²) in [6.45, 7) is 7.75. The zero-order valence-electron chi connectivity index (χ0n) is 15.0. The van der Waals surface area contributed by atoms with Gasteiger partial charge in [0.15, 0.2) is 0 Å². The van der Waals surface area contributed by atoms with Crippen molar-refractivity contribution in [3.63, 3.8) is 0 Å². The number of rotatable bonds is 2. The molecule has 2 aliphatic rings. The third-order valence-corrected chi connectivity index (χ3v) is 6.66. The summed E-state index contributed by atoms with van der Waals surface area (Å²) < 4.78 is 0. The fourth-order valence-corrected chi connectivity index (χ4v) is 5.21. The van der Waals surface area contributed by atoms with Crippen LogP contribution in [-0.2, 0) is 16.6 Å². The summed E-state index contributed by atoms with van der Waals surface area (Å²) in [6.07, 6.45) is 2.40. The number of carbonyl (C=O) groups is 1. The van der Waals surface area contributed by atoms with Crippen molar-refractivity contribution in [3.8, 4) is 11.5 Å². The van der Waals surface area contributed by atoms with Crippen molar-refractivity contribution in [1.82, 2.24) is 0 Å². The first-order valence-electron chi connectivity index (χ1n) is 8.89. The SMILES string of the molecule is CC(C)c1cc(O)c2c(c1O)CC[C@H]1[C@@](C)(CO)C(=O)CC[C@]21C. The molecule has 0 aromatic heterocycles. The van der Waals surface area contributed by atoms with Crippen LogP contribution in [0.25, 0.3) is 0 Å². The van der Waals surface area contributed by atoms with E-state index in [0.717, 1.165) is 23.1 Å². The number of ketones is 1. The molecule has 132 valence electrons. The molecule has 4 heteroatoms. The molecule has 4 nitrogen and oxygen atoms in total. The van der Waals surface area contributed by atoms with Crippen LogP contribution in [0.3, 0.4) is 0 Å². The first-order valence-corrected chi connectivity index (χ1v) is 8.89. The lowest BCUT2D eigenvalue weighted by Gasteiger charge is -2.54. The second-order valence-corrected chi connectivity index (χ2v) is 8.35. The smallest absolute Gasteiger partial charge is 0.141 e. The maximum atomic E-state index is 12.5. The normalized spacial score (nSPS) is 32.6. The number of phenols is 2. The minimum absolute atomic E-state index is 0.0288. The topological polar surface area (TPSA) is 77.8 Å². The van der Waals surface area contributed by atoms with Crippen molar-refractivity contribution in [3.05, 3.63) is 22.8 Å². The quantitative estimate of drug-likeness (QED) is 0.725. The van der Waals surface area contributed by atoms with Crippen LogP contribution in [0, 0.1) is 11.3 Å². The lowest BCUT2D eigenvalue weighted by molar-refractivity contribution is -0.142. The van der Waals surface area contributed by atoms with Gasteiger partial charge in [-0.05, 0) is 37.2 Å². The molecule has 0 heterocycles. The van der Waals surface area contributed by atoms with Crippen molar-refractivity contribution in [1.29, 1.82) is 0 Å². The Morgan fingerprint density at radius 3 is 2.50 bits per heavy atom. The maximum Gasteiger partial charge on any atom is 0.141 e. The molecule has 24 heavy (non-hydrogen) atoms. The molecule has 0 aliphatic heterocycles. The van der Waals surface area contributed by atoms with E-state index in [1.54, 1.807) is 6.07 Å². The lowest BCUT2D eigenvalue weighted by Crippen LogP contribution is -2.55. The van der Waals surface area contributed by atoms with Gasteiger partial charge in [0.05, 0.1) is 12.0 Å². The fraction of sp³-hybridized carbons (Fsp3) is 0.650. The number of hydrogen-bond donors (Lipinski definition) is 3. The number of aromatic hydroxyl groups is 2. The van der Waals surface area contributed by atoms with Gasteiger partial charge in [0.1, 0.15) is 17.3 Å². The van der Waals surface area contributed by atoms with Crippen LogP contribution in [0.4, 0.5) is 0 Å². The third kappa shape index (κ3) is 2.12. The number of Topliss-reactive ketones (excluding diaryl/α,β-unsaturated/α-hetero) is 1. The molecule has 1 fully saturated rings. The van der Waals surface area contributed by atoms with E-state index in [1.165, 1.54) is 0 Å². The predicted molar refractivity (Wildman–Crippen MR) is 92.5 cm³/mol. The van der Waals surface area contributed by atoms with Crippen LogP contribution in [0.2, 0.25) is 0 Å². The zero-order chi connectivity index (χ0) is 17.9. The van der Waals surface area contributed by atoms with Crippen LogP contribution in [0.15, 0.2) is 6.07 Å². The average molecular weight is 332 g/mol. The summed E-state index contributed by atoms with van der Waals surface area (Å²) >= 11 is 0. The highest BCUT2D eigenvalue weighted by atomic mass is 16.3. The van der Waals surface area contributed by atoms with Crippen LogP contribution in [-0.4, -0.2) is 27.7 Å². The van der Waals surface area contributed by atoms with Crippen LogP contribution >= 0.6 is 0 Å². The van der Waals surface area contributed by atoms with E-state index in [2.05, 4.69) is 6.92 Å². The molecule has 3 N–H and O–H groups in total. The van der Waals surface area contributed by atoms with Gasteiger partial charge in [0.2, 0.25) is 0 Å². The molecule has 0 unspecified atom stereocenters. The van der Waals surface area contributed by atoms with Crippen molar-refractivity contribution >= 4 is 5.78 Å². The largest absolute Gasteiger partial charge is 0.508 e. The second-order valence-electron chi connectivity index (χ2n) is 8.35. The molecule has 0 radical (unpaired) electrons. The highest BCUT2D eigenvalue weighted by Crippen LogP contribution is 2.59. The van der Waals surface area contributed by atoms with Gasteiger partial charge in [-0.25, -0.2) is 0 Å². The highest BCUT2D eigenvalue weighted by molar-refractivity contribution is 5.86. The Morgan fingerprint density at radius 2 is 1.92 bits per heavy atom. The summed E-state index contributed by atoms with van der Waals surface area (Å²) in [5.74, 6) is 0.716. The Hall–Kier alpha value is -1.55. The van der Waals surface area contributed by atoms with Crippen LogP contribution in [0.1, 0.15) is 69.6 Å². The van der Waals surface area contributed by atoms with E-state index in [1.807, 2.05) is 20.8 Å². The van der Waals surface area contributed by atoms with E-state index in [-0.39, 0.29) is 30.0 Å². The number of phenolic OH excluding ortho intramolecular Hbond substituents is 2. The lowest BCUT2D eigenvalue weighted by atomic mass is 9.49. The van der Waals surface area contributed by atoms with E-state index in [0.29, 0.717) is 25.0 Å². The monoisotopic (exact) mass is 332 g/mol. The molecular weight excluding hydrogens is 304 g/mol. The summed E-state index contributed by atoms with van der Waals surface area (Å²) in [4.78, 5) is 12.5. The number of aliphatic hydroxyl groups excluding tert-OH is 1. The summed E-state index contributed by atoms with van der Waals surface area (Å²) in [5.41, 5.74) is 1.20. The van der Waals surface area contributed by atoms with Gasteiger partial charge in [0.25, 0.3) is 0 Å². The average Bonchev–Trinajstić information content (AvgIpc) is 2.53. The Bertz CT molecular complexity index is 693. The fourth-order valence-electron chi connectivity index (χ4n) is 5.21. The van der Waals surface area contributed by atoms with Gasteiger partial charge in [-0.2, -0.15) is 0 Å².